The first-order valence-electron chi connectivity index (χ1n) is 5.21. The number of nitrogen functional groups attached to an aromatic ring is 1. The number of halogens is 1. The Bertz CT molecular complexity index is 583. The van der Waals surface area contributed by atoms with E-state index in [0.717, 1.165) is 5.56 Å². The molecule has 5 nitrogen and oxygen atoms in total. The van der Waals surface area contributed by atoms with E-state index in [0.29, 0.717) is 10.7 Å². The van der Waals surface area contributed by atoms with Crippen molar-refractivity contribution in [3.8, 4) is 0 Å². The van der Waals surface area contributed by atoms with Gasteiger partial charge in [0, 0.05) is 10.7 Å². The third-order valence-corrected chi connectivity index (χ3v) is 2.74. The summed E-state index contributed by atoms with van der Waals surface area (Å²) in [5.74, 6) is -0.0904. The van der Waals surface area contributed by atoms with E-state index in [1.807, 2.05) is 13.0 Å². The van der Waals surface area contributed by atoms with Gasteiger partial charge in [-0.05, 0) is 24.6 Å². The van der Waals surface area contributed by atoms with E-state index in [1.165, 1.54) is 12.4 Å². The van der Waals surface area contributed by atoms with Crippen molar-refractivity contribution in [1.82, 2.24) is 9.97 Å². The summed E-state index contributed by atoms with van der Waals surface area (Å²) >= 11 is 5.97. The zero-order valence-corrected chi connectivity index (χ0v) is 10.4. The Morgan fingerprint density at radius 1 is 1.33 bits per heavy atom. The van der Waals surface area contributed by atoms with E-state index in [1.54, 1.807) is 12.1 Å². The van der Waals surface area contributed by atoms with Crippen molar-refractivity contribution < 1.29 is 4.79 Å². The fraction of sp³-hybridized carbons (Fsp3) is 0.0833. The molecule has 0 atom stereocenters. The molecule has 0 aliphatic heterocycles. The van der Waals surface area contributed by atoms with Crippen LogP contribution in [0.3, 0.4) is 0 Å². The van der Waals surface area contributed by atoms with Crippen LogP contribution in [0.4, 0.5) is 11.5 Å². The van der Waals surface area contributed by atoms with E-state index in [2.05, 4.69) is 15.3 Å². The number of nitrogens with two attached hydrogens (primary N) is 1. The normalized spacial score (nSPS) is 10.1. The molecular formula is C12H11ClN4O. The van der Waals surface area contributed by atoms with Gasteiger partial charge < -0.3 is 11.1 Å². The summed E-state index contributed by atoms with van der Waals surface area (Å²) in [5, 5.41) is 3.27. The summed E-state index contributed by atoms with van der Waals surface area (Å²) in [6.45, 7) is 1.89. The molecule has 1 amide bonds. The molecule has 2 rings (SSSR count). The first-order chi connectivity index (χ1) is 8.56. The molecule has 2 aromatic rings. The second-order valence-corrected chi connectivity index (χ2v) is 4.15. The minimum Gasteiger partial charge on any atom is -0.382 e. The van der Waals surface area contributed by atoms with Crippen molar-refractivity contribution in [3.05, 3.63) is 46.9 Å². The number of amides is 1. The Morgan fingerprint density at radius 2 is 2.11 bits per heavy atom. The van der Waals surface area contributed by atoms with E-state index >= 15 is 0 Å². The molecule has 18 heavy (non-hydrogen) atoms. The van der Waals surface area contributed by atoms with Gasteiger partial charge >= 0.3 is 0 Å². The fourth-order valence-electron chi connectivity index (χ4n) is 1.32. The first-order valence-corrected chi connectivity index (χ1v) is 5.59. The van der Waals surface area contributed by atoms with Gasteiger partial charge in [0.1, 0.15) is 11.5 Å². The van der Waals surface area contributed by atoms with Gasteiger partial charge in [0.05, 0.1) is 12.4 Å². The lowest BCUT2D eigenvalue weighted by Crippen LogP contribution is -2.14. The highest BCUT2D eigenvalue weighted by atomic mass is 35.5. The van der Waals surface area contributed by atoms with Crippen molar-refractivity contribution in [2.24, 2.45) is 0 Å². The average Bonchev–Trinajstić information content (AvgIpc) is 2.34. The maximum atomic E-state index is 11.8. The quantitative estimate of drug-likeness (QED) is 0.870. The van der Waals surface area contributed by atoms with Crippen molar-refractivity contribution in [2.75, 3.05) is 11.1 Å². The number of anilines is 2. The molecule has 1 aromatic heterocycles. The minimum atomic E-state index is -0.359. The Kier molecular flexibility index (Phi) is 3.43. The topological polar surface area (TPSA) is 80.9 Å². The highest BCUT2D eigenvalue weighted by Crippen LogP contribution is 2.20. The molecule has 0 aliphatic rings. The Balaban J connectivity index is 2.16. The molecule has 0 unspecified atom stereocenters. The summed E-state index contributed by atoms with van der Waals surface area (Å²) in [4.78, 5) is 19.5. The number of carbonyl (C=O) groups excluding carboxylic acids is 1. The Morgan fingerprint density at radius 3 is 2.72 bits per heavy atom. The minimum absolute atomic E-state index is 0.195. The number of aromatic nitrogens is 2. The van der Waals surface area contributed by atoms with Gasteiger partial charge in [0.15, 0.2) is 0 Å². The first kappa shape index (κ1) is 12.3. The SMILES string of the molecule is Cc1ccc(NC(=O)c2cnc(N)cn2)cc1Cl. The third kappa shape index (κ3) is 2.75. The van der Waals surface area contributed by atoms with Crippen molar-refractivity contribution in [2.45, 2.75) is 6.92 Å². The molecule has 0 bridgehead atoms. The predicted molar refractivity (Wildman–Crippen MR) is 70.6 cm³/mol. The highest BCUT2D eigenvalue weighted by Gasteiger charge is 2.08. The van der Waals surface area contributed by atoms with E-state index in [9.17, 15) is 4.79 Å². The molecule has 6 heteroatoms. The number of benzene rings is 1. The lowest BCUT2D eigenvalue weighted by molar-refractivity contribution is 0.102. The molecule has 0 aliphatic carbocycles. The van der Waals surface area contributed by atoms with Crippen LogP contribution in [0.5, 0.6) is 0 Å². The predicted octanol–water partition coefficient (Wildman–Crippen LogP) is 2.27. The summed E-state index contributed by atoms with van der Waals surface area (Å²) in [7, 11) is 0. The average molecular weight is 263 g/mol. The van der Waals surface area contributed by atoms with Crippen LogP contribution in [0.15, 0.2) is 30.6 Å². The van der Waals surface area contributed by atoms with Crippen molar-refractivity contribution >= 4 is 29.0 Å². The molecule has 0 fully saturated rings. The van der Waals surface area contributed by atoms with Crippen LogP contribution >= 0.6 is 11.6 Å². The van der Waals surface area contributed by atoms with E-state index in [4.69, 9.17) is 17.3 Å². The number of hydrogen-bond acceptors (Lipinski definition) is 4. The number of hydrogen-bond donors (Lipinski definition) is 2. The maximum absolute atomic E-state index is 11.8. The van der Waals surface area contributed by atoms with Crippen LogP contribution in [0.2, 0.25) is 5.02 Å². The highest BCUT2D eigenvalue weighted by molar-refractivity contribution is 6.31. The smallest absolute Gasteiger partial charge is 0.275 e. The summed E-state index contributed by atoms with van der Waals surface area (Å²) in [6, 6.07) is 5.27. The molecular weight excluding hydrogens is 252 g/mol. The Labute approximate surface area is 109 Å². The third-order valence-electron chi connectivity index (χ3n) is 2.33. The van der Waals surface area contributed by atoms with E-state index < -0.39 is 0 Å². The number of rotatable bonds is 2. The molecule has 0 radical (unpaired) electrons. The van der Waals surface area contributed by atoms with Gasteiger partial charge in [-0.2, -0.15) is 0 Å². The molecule has 3 N–H and O–H groups in total. The van der Waals surface area contributed by atoms with Crippen LogP contribution in [0.1, 0.15) is 16.1 Å². The fourth-order valence-corrected chi connectivity index (χ4v) is 1.50. The van der Waals surface area contributed by atoms with Crippen LogP contribution < -0.4 is 11.1 Å². The molecule has 0 spiro atoms. The number of aryl methyl sites for hydroxylation is 1. The van der Waals surface area contributed by atoms with E-state index in [-0.39, 0.29) is 17.4 Å². The molecule has 0 saturated heterocycles. The largest absolute Gasteiger partial charge is 0.382 e. The number of nitrogens with zero attached hydrogens (tertiary/aromatic N) is 2. The van der Waals surface area contributed by atoms with Gasteiger partial charge in [0.2, 0.25) is 0 Å². The zero-order chi connectivity index (χ0) is 13.1. The van der Waals surface area contributed by atoms with Crippen molar-refractivity contribution in [1.29, 1.82) is 0 Å². The summed E-state index contributed by atoms with van der Waals surface area (Å²) in [6.07, 6.45) is 2.65. The second-order valence-electron chi connectivity index (χ2n) is 3.74. The molecule has 1 aromatic carbocycles. The van der Waals surface area contributed by atoms with Crippen LogP contribution in [-0.2, 0) is 0 Å². The lowest BCUT2D eigenvalue weighted by atomic mass is 10.2. The van der Waals surface area contributed by atoms with Gasteiger partial charge in [0.25, 0.3) is 5.91 Å². The van der Waals surface area contributed by atoms with Gasteiger partial charge in [-0.15, -0.1) is 0 Å². The maximum Gasteiger partial charge on any atom is 0.275 e. The monoisotopic (exact) mass is 262 g/mol. The van der Waals surface area contributed by atoms with Gasteiger partial charge in [-0.25, -0.2) is 9.97 Å². The van der Waals surface area contributed by atoms with Crippen molar-refractivity contribution in [3.63, 3.8) is 0 Å². The molecule has 1 heterocycles. The van der Waals surface area contributed by atoms with Crippen LogP contribution in [0, 0.1) is 6.92 Å². The van der Waals surface area contributed by atoms with Gasteiger partial charge in [-0.3, -0.25) is 4.79 Å². The second kappa shape index (κ2) is 5.01. The molecule has 92 valence electrons. The standard InChI is InChI=1S/C12H11ClN4O/c1-7-2-3-8(4-9(7)13)17-12(18)10-5-16-11(14)6-15-10/h2-6H,1H3,(H2,14,16)(H,17,18). The number of carbonyl (C=O) groups is 1. The summed E-state index contributed by atoms with van der Waals surface area (Å²) < 4.78 is 0. The zero-order valence-electron chi connectivity index (χ0n) is 9.64. The Hall–Kier alpha value is -2.14. The number of nitrogens with one attached hydrogen (secondary N) is 1. The lowest BCUT2D eigenvalue weighted by Gasteiger charge is -2.06. The van der Waals surface area contributed by atoms with Gasteiger partial charge in [-0.1, -0.05) is 17.7 Å². The molecule has 0 saturated carbocycles. The van der Waals surface area contributed by atoms with Crippen LogP contribution in [0.25, 0.3) is 0 Å². The summed E-state index contributed by atoms with van der Waals surface area (Å²) in [5.41, 5.74) is 7.14. The van der Waals surface area contributed by atoms with Crippen LogP contribution in [-0.4, -0.2) is 15.9 Å².